The number of carbonyl (C=O) groups excluding carboxylic acids is 1. The molecule has 144 valence electrons. The lowest BCUT2D eigenvalue weighted by Gasteiger charge is -2.15. The zero-order valence-corrected chi connectivity index (χ0v) is 16.7. The molecule has 1 amide bonds. The van der Waals surface area contributed by atoms with Gasteiger partial charge in [-0.1, -0.05) is 15.9 Å². The minimum Gasteiger partial charge on any atom is -0.491 e. The second-order valence-corrected chi connectivity index (χ2v) is 6.81. The number of ether oxygens (including phenoxy) is 1. The molecule has 27 heavy (non-hydrogen) atoms. The van der Waals surface area contributed by atoms with Crippen LogP contribution in [0.1, 0.15) is 21.5 Å². The van der Waals surface area contributed by atoms with Crippen LogP contribution in [0.4, 0.5) is 23.2 Å². The SMILES string of the molecule is COc1c(F)c(F)c(C(=O)NC(=S)Nc2c(C)cc(Br)cc2C)c(F)c1F. The topological polar surface area (TPSA) is 50.4 Å². The monoisotopic (exact) mass is 464 g/mol. The van der Waals surface area contributed by atoms with Crippen molar-refractivity contribution in [2.75, 3.05) is 12.4 Å². The highest BCUT2D eigenvalue weighted by Crippen LogP contribution is 2.30. The number of thiocarbonyl (C=S) groups is 1. The van der Waals surface area contributed by atoms with E-state index in [0.717, 1.165) is 22.7 Å². The lowest BCUT2D eigenvalue weighted by Crippen LogP contribution is -2.36. The second-order valence-electron chi connectivity index (χ2n) is 5.49. The van der Waals surface area contributed by atoms with Gasteiger partial charge in [0.15, 0.2) is 22.5 Å². The number of hydrogen-bond donors (Lipinski definition) is 2. The van der Waals surface area contributed by atoms with Crippen molar-refractivity contribution >= 4 is 44.9 Å². The number of anilines is 1. The number of halogens is 5. The molecule has 2 rings (SSSR count). The highest BCUT2D eigenvalue weighted by molar-refractivity contribution is 9.10. The third-order valence-electron chi connectivity index (χ3n) is 3.62. The Balaban J connectivity index is 2.30. The van der Waals surface area contributed by atoms with Crippen molar-refractivity contribution in [3.05, 3.63) is 56.6 Å². The smallest absolute Gasteiger partial charge is 0.263 e. The van der Waals surface area contributed by atoms with Gasteiger partial charge in [-0.2, -0.15) is 8.78 Å². The molecule has 0 heterocycles. The Labute approximate surface area is 166 Å². The van der Waals surface area contributed by atoms with Gasteiger partial charge in [0.05, 0.1) is 7.11 Å². The molecule has 4 nitrogen and oxygen atoms in total. The number of rotatable bonds is 3. The van der Waals surface area contributed by atoms with Gasteiger partial charge in [0.25, 0.3) is 5.91 Å². The Morgan fingerprint density at radius 3 is 1.96 bits per heavy atom. The summed E-state index contributed by atoms with van der Waals surface area (Å²) < 4.78 is 60.6. The Morgan fingerprint density at radius 2 is 1.52 bits per heavy atom. The molecule has 0 aliphatic carbocycles. The molecule has 2 N–H and O–H groups in total. The molecule has 10 heteroatoms. The van der Waals surface area contributed by atoms with Gasteiger partial charge in [0, 0.05) is 10.2 Å². The van der Waals surface area contributed by atoms with Crippen LogP contribution < -0.4 is 15.4 Å². The average molecular weight is 465 g/mol. The fourth-order valence-electron chi connectivity index (χ4n) is 2.41. The maximum Gasteiger partial charge on any atom is 0.263 e. The van der Waals surface area contributed by atoms with Gasteiger partial charge in [-0.3, -0.25) is 10.1 Å². The predicted octanol–water partition coefficient (Wildman–Crippen LogP) is 4.76. The van der Waals surface area contributed by atoms with Crippen molar-refractivity contribution in [2.45, 2.75) is 13.8 Å². The van der Waals surface area contributed by atoms with Gasteiger partial charge < -0.3 is 10.1 Å². The van der Waals surface area contributed by atoms with Crippen LogP contribution in [0.25, 0.3) is 0 Å². The van der Waals surface area contributed by atoms with Crippen LogP contribution in [0, 0.1) is 37.1 Å². The molecule has 0 saturated heterocycles. The Bertz CT molecular complexity index is 901. The molecular weight excluding hydrogens is 452 g/mol. The number of hydrogen-bond acceptors (Lipinski definition) is 3. The lowest BCUT2D eigenvalue weighted by atomic mass is 10.1. The van der Waals surface area contributed by atoms with Crippen molar-refractivity contribution in [3.8, 4) is 5.75 Å². The van der Waals surface area contributed by atoms with E-state index in [0.29, 0.717) is 5.69 Å². The highest BCUT2D eigenvalue weighted by atomic mass is 79.9. The Morgan fingerprint density at radius 1 is 1.04 bits per heavy atom. The van der Waals surface area contributed by atoms with Crippen LogP contribution in [0.15, 0.2) is 16.6 Å². The summed E-state index contributed by atoms with van der Waals surface area (Å²) in [6, 6.07) is 3.57. The van der Waals surface area contributed by atoms with Crippen molar-refractivity contribution in [1.82, 2.24) is 5.32 Å². The molecule has 0 radical (unpaired) electrons. The number of carbonyl (C=O) groups is 1. The summed E-state index contributed by atoms with van der Waals surface area (Å²) in [5.74, 6) is -10.1. The van der Waals surface area contributed by atoms with E-state index >= 15 is 0 Å². The fraction of sp³-hybridized carbons (Fsp3) is 0.176. The summed E-state index contributed by atoms with van der Waals surface area (Å²) in [7, 11) is 0.835. The first kappa shape index (κ1) is 21.1. The number of methoxy groups -OCH3 is 1. The minimum atomic E-state index is -1.89. The quantitative estimate of drug-likeness (QED) is 0.390. The molecule has 0 aromatic heterocycles. The summed E-state index contributed by atoms with van der Waals surface area (Å²) in [5.41, 5.74) is 0.672. The zero-order chi connectivity index (χ0) is 20.5. The molecule has 0 bridgehead atoms. The van der Waals surface area contributed by atoms with E-state index in [1.165, 1.54) is 0 Å². The van der Waals surface area contributed by atoms with Crippen LogP contribution in [0.5, 0.6) is 5.75 Å². The van der Waals surface area contributed by atoms with Gasteiger partial charge in [-0.15, -0.1) is 0 Å². The van der Waals surface area contributed by atoms with E-state index in [1.54, 1.807) is 26.0 Å². The van der Waals surface area contributed by atoms with Crippen molar-refractivity contribution in [1.29, 1.82) is 0 Å². The molecule has 0 aliphatic rings. The summed E-state index contributed by atoms with van der Waals surface area (Å²) in [6.07, 6.45) is 0. The summed E-state index contributed by atoms with van der Waals surface area (Å²) in [4.78, 5) is 12.1. The fourth-order valence-corrected chi connectivity index (χ4v) is 3.29. The number of nitrogens with one attached hydrogen (secondary N) is 2. The maximum absolute atomic E-state index is 14.0. The van der Waals surface area contributed by atoms with Gasteiger partial charge in [-0.05, 0) is 49.3 Å². The van der Waals surface area contributed by atoms with Crippen LogP contribution in [0.2, 0.25) is 0 Å². The molecular formula is C17H13BrF4N2O2S. The predicted molar refractivity (Wildman–Crippen MR) is 100 cm³/mol. The summed E-state index contributed by atoms with van der Waals surface area (Å²) >= 11 is 8.28. The van der Waals surface area contributed by atoms with Crippen LogP contribution in [0.3, 0.4) is 0 Å². The Kier molecular flexibility index (Phi) is 6.42. The van der Waals surface area contributed by atoms with E-state index in [9.17, 15) is 22.4 Å². The van der Waals surface area contributed by atoms with E-state index in [4.69, 9.17) is 12.2 Å². The largest absolute Gasteiger partial charge is 0.491 e. The average Bonchev–Trinajstić information content (AvgIpc) is 2.57. The third-order valence-corrected chi connectivity index (χ3v) is 4.28. The van der Waals surface area contributed by atoms with Crippen LogP contribution in [-0.2, 0) is 0 Å². The molecule has 0 spiro atoms. The Hall–Kier alpha value is -2.20. The van der Waals surface area contributed by atoms with Gasteiger partial charge in [-0.25, -0.2) is 8.78 Å². The van der Waals surface area contributed by atoms with Crippen molar-refractivity contribution < 1.29 is 27.1 Å². The minimum absolute atomic E-state index is 0.302. The molecule has 2 aromatic carbocycles. The molecule has 0 unspecified atom stereocenters. The van der Waals surface area contributed by atoms with Gasteiger partial charge in [0.2, 0.25) is 11.6 Å². The van der Waals surface area contributed by atoms with E-state index in [2.05, 4.69) is 26.0 Å². The highest BCUT2D eigenvalue weighted by Gasteiger charge is 2.30. The molecule has 0 aliphatic heterocycles. The van der Waals surface area contributed by atoms with E-state index in [1.807, 2.05) is 5.32 Å². The van der Waals surface area contributed by atoms with Crippen molar-refractivity contribution in [2.24, 2.45) is 0 Å². The summed E-state index contributed by atoms with van der Waals surface area (Å²) in [5, 5.41) is 4.42. The number of benzene rings is 2. The van der Waals surface area contributed by atoms with Crippen LogP contribution >= 0.6 is 28.1 Å². The van der Waals surface area contributed by atoms with E-state index < -0.39 is 40.5 Å². The zero-order valence-electron chi connectivity index (χ0n) is 14.3. The summed E-state index contributed by atoms with van der Waals surface area (Å²) in [6.45, 7) is 3.55. The standard InChI is InChI=1S/C17H13BrF4N2O2S/c1-6-4-8(18)5-7(2)14(6)23-17(27)24-16(25)9-10(19)12(21)15(26-3)13(22)11(9)20/h4-5H,1-3H3,(H2,23,24,25,27). The number of aryl methyl sites for hydroxylation is 2. The van der Waals surface area contributed by atoms with Crippen molar-refractivity contribution in [3.63, 3.8) is 0 Å². The first-order chi connectivity index (χ1) is 12.6. The lowest BCUT2D eigenvalue weighted by molar-refractivity contribution is 0.0966. The second kappa shape index (κ2) is 8.22. The first-order valence-electron chi connectivity index (χ1n) is 7.37. The first-order valence-corrected chi connectivity index (χ1v) is 8.57. The third kappa shape index (κ3) is 4.22. The van der Waals surface area contributed by atoms with Gasteiger partial charge in [0.1, 0.15) is 5.56 Å². The molecule has 0 saturated carbocycles. The maximum atomic E-state index is 14.0. The van der Waals surface area contributed by atoms with Crippen LogP contribution in [-0.4, -0.2) is 18.1 Å². The molecule has 0 fully saturated rings. The molecule has 0 atom stereocenters. The van der Waals surface area contributed by atoms with Gasteiger partial charge >= 0.3 is 0 Å². The van der Waals surface area contributed by atoms with E-state index in [-0.39, 0.29) is 5.11 Å². The normalized spacial score (nSPS) is 10.5. The molecule has 2 aromatic rings. The number of amides is 1.